The van der Waals surface area contributed by atoms with Crippen molar-refractivity contribution in [3.63, 3.8) is 0 Å². The molecule has 0 radical (unpaired) electrons. The molecule has 0 saturated heterocycles. The zero-order valence-corrected chi connectivity index (χ0v) is 13.9. The zero-order valence-electron chi connectivity index (χ0n) is 13.9. The summed E-state index contributed by atoms with van der Waals surface area (Å²) in [4.78, 5) is 37.6. The Morgan fingerprint density at radius 1 is 0.962 bits per heavy atom. The maximum Gasteiger partial charge on any atom is 0.303 e. The number of hydrogen-bond donors (Lipinski definition) is 1. The van der Waals surface area contributed by atoms with Gasteiger partial charge in [0.25, 0.3) is 11.8 Å². The first-order valence-electron chi connectivity index (χ1n) is 8.34. The van der Waals surface area contributed by atoms with E-state index in [9.17, 15) is 14.4 Å². The third kappa shape index (κ3) is 2.56. The predicted octanol–water partition coefficient (Wildman–Crippen LogP) is 3.09. The predicted molar refractivity (Wildman–Crippen MR) is 95.5 cm³/mol. The van der Waals surface area contributed by atoms with Crippen LogP contribution in [-0.2, 0) is 4.79 Å². The molecule has 1 aromatic heterocycles. The van der Waals surface area contributed by atoms with Gasteiger partial charge in [-0.2, -0.15) is 0 Å². The van der Waals surface area contributed by atoms with E-state index in [4.69, 9.17) is 5.11 Å². The fraction of sp³-hybridized carbons (Fsp3) is 0.150. The second-order valence-electron chi connectivity index (χ2n) is 6.25. The van der Waals surface area contributed by atoms with Crippen molar-refractivity contribution in [2.24, 2.45) is 0 Å². The van der Waals surface area contributed by atoms with Crippen molar-refractivity contribution in [1.29, 1.82) is 0 Å². The number of imide groups is 1. The van der Waals surface area contributed by atoms with E-state index in [1.165, 1.54) is 0 Å². The van der Waals surface area contributed by atoms with Gasteiger partial charge in [0, 0.05) is 42.0 Å². The molecule has 0 fully saturated rings. The van der Waals surface area contributed by atoms with Crippen molar-refractivity contribution in [2.45, 2.75) is 12.8 Å². The van der Waals surface area contributed by atoms with Crippen LogP contribution in [0, 0.1) is 0 Å². The molecule has 1 aliphatic rings. The van der Waals surface area contributed by atoms with E-state index in [1.807, 2.05) is 41.2 Å². The van der Waals surface area contributed by atoms with Crippen LogP contribution in [0.25, 0.3) is 16.5 Å². The van der Waals surface area contributed by atoms with Gasteiger partial charge in [-0.15, -0.1) is 0 Å². The van der Waals surface area contributed by atoms with E-state index in [2.05, 4.69) is 0 Å². The van der Waals surface area contributed by atoms with Crippen molar-refractivity contribution < 1.29 is 19.5 Å². The quantitative estimate of drug-likeness (QED) is 0.719. The number of nitrogens with zero attached hydrogens (tertiary/aromatic N) is 2. The Morgan fingerprint density at radius 3 is 2.42 bits per heavy atom. The second-order valence-corrected chi connectivity index (χ2v) is 6.25. The summed E-state index contributed by atoms with van der Waals surface area (Å²) in [6, 6.07) is 12.9. The van der Waals surface area contributed by atoms with Crippen molar-refractivity contribution in [3.05, 3.63) is 66.0 Å². The van der Waals surface area contributed by atoms with Crippen LogP contribution in [0.5, 0.6) is 0 Å². The van der Waals surface area contributed by atoms with Gasteiger partial charge in [-0.1, -0.05) is 12.1 Å². The topological polar surface area (TPSA) is 79.6 Å². The number of amides is 2. The molecular formula is C20H16N2O4. The first kappa shape index (κ1) is 16.1. The summed E-state index contributed by atoms with van der Waals surface area (Å²) in [5.41, 5.74) is 1.78. The summed E-state index contributed by atoms with van der Waals surface area (Å²) in [6.07, 6.45) is 3.93. The minimum Gasteiger partial charge on any atom is -0.481 e. The molecule has 1 N–H and O–H groups in total. The number of aliphatic carboxylic acids is 1. The number of hydrogen-bond acceptors (Lipinski definition) is 3. The minimum atomic E-state index is -0.945. The fourth-order valence-corrected chi connectivity index (χ4v) is 3.39. The highest BCUT2D eigenvalue weighted by atomic mass is 16.4. The fourth-order valence-electron chi connectivity index (χ4n) is 3.39. The molecule has 2 heterocycles. The Bertz CT molecular complexity index is 1040. The van der Waals surface area contributed by atoms with Crippen LogP contribution in [0.3, 0.4) is 0 Å². The smallest absolute Gasteiger partial charge is 0.303 e. The van der Waals surface area contributed by atoms with Gasteiger partial charge in [-0.3, -0.25) is 19.3 Å². The van der Waals surface area contributed by atoms with Gasteiger partial charge in [0.1, 0.15) is 0 Å². The van der Waals surface area contributed by atoms with Gasteiger partial charge in [0.05, 0.1) is 5.56 Å². The molecule has 1 aliphatic heterocycles. The van der Waals surface area contributed by atoms with Crippen LogP contribution < -0.4 is 0 Å². The van der Waals surface area contributed by atoms with Crippen LogP contribution in [-0.4, -0.2) is 38.9 Å². The van der Waals surface area contributed by atoms with Gasteiger partial charge >= 0.3 is 5.97 Å². The molecule has 2 amide bonds. The summed E-state index contributed by atoms with van der Waals surface area (Å²) < 4.78 is 1.90. The van der Waals surface area contributed by atoms with Crippen LogP contribution in [0.15, 0.2) is 54.9 Å². The summed E-state index contributed by atoms with van der Waals surface area (Å²) >= 11 is 0. The monoisotopic (exact) mass is 348 g/mol. The number of carboxylic acids is 1. The first-order chi connectivity index (χ1) is 12.6. The third-order valence-electron chi connectivity index (χ3n) is 4.59. The Morgan fingerprint density at radius 2 is 1.69 bits per heavy atom. The lowest BCUT2D eigenvalue weighted by Crippen LogP contribution is -2.41. The maximum atomic E-state index is 13.0. The van der Waals surface area contributed by atoms with E-state index < -0.39 is 5.97 Å². The molecule has 26 heavy (non-hydrogen) atoms. The Hall–Kier alpha value is -3.41. The first-order valence-corrected chi connectivity index (χ1v) is 8.34. The molecule has 3 aromatic rings. The highest BCUT2D eigenvalue weighted by Gasteiger charge is 2.32. The number of rotatable bonds is 5. The maximum absolute atomic E-state index is 13.0. The normalized spacial score (nSPS) is 13.5. The van der Waals surface area contributed by atoms with Gasteiger partial charge < -0.3 is 9.67 Å². The van der Waals surface area contributed by atoms with Crippen molar-refractivity contribution in [3.8, 4) is 5.69 Å². The molecule has 0 bridgehead atoms. The molecule has 0 atom stereocenters. The molecular weight excluding hydrogens is 332 g/mol. The van der Waals surface area contributed by atoms with Gasteiger partial charge in [0.15, 0.2) is 0 Å². The van der Waals surface area contributed by atoms with Gasteiger partial charge in [0.2, 0.25) is 0 Å². The van der Waals surface area contributed by atoms with E-state index >= 15 is 0 Å². The molecule has 6 heteroatoms. The Kier molecular flexibility index (Phi) is 3.80. The number of carbonyl (C=O) groups is 3. The lowest BCUT2D eigenvalue weighted by atomic mass is 9.93. The summed E-state index contributed by atoms with van der Waals surface area (Å²) in [5.74, 6) is -1.69. The molecule has 6 nitrogen and oxygen atoms in total. The molecule has 2 aromatic carbocycles. The Labute approximate surface area is 149 Å². The third-order valence-corrected chi connectivity index (χ3v) is 4.59. The van der Waals surface area contributed by atoms with Crippen LogP contribution in [0.4, 0.5) is 0 Å². The number of carbonyl (C=O) groups excluding carboxylic acids is 2. The van der Waals surface area contributed by atoms with Crippen molar-refractivity contribution in [1.82, 2.24) is 9.47 Å². The molecule has 130 valence electrons. The molecule has 0 aliphatic carbocycles. The van der Waals surface area contributed by atoms with Gasteiger partial charge in [-0.05, 0) is 42.1 Å². The SMILES string of the molecule is O=C(O)CCCN1C(=O)c2cccc3cc(-n4cccc4)cc(c23)C1=O. The number of carboxylic acid groups (broad SMARTS) is 1. The summed E-state index contributed by atoms with van der Waals surface area (Å²) in [7, 11) is 0. The highest BCUT2D eigenvalue weighted by Crippen LogP contribution is 2.32. The lowest BCUT2D eigenvalue weighted by Gasteiger charge is -2.27. The largest absolute Gasteiger partial charge is 0.481 e. The molecule has 0 saturated carbocycles. The average Bonchev–Trinajstić information content (AvgIpc) is 3.16. The minimum absolute atomic E-state index is 0.0858. The lowest BCUT2D eigenvalue weighted by molar-refractivity contribution is -0.137. The molecule has 0 unspecified atom stereocenters. The number of aromatic nitrogens is 1. The van der Waals surface area contributed by atoms with Crippen LogP contribution in [0.1, 0.15) is 33.6 Å². The number of benzene rings is 2. The van der Waals surface area contributed by atoms with Crippen molar-refractivity contribution >= 4 is 28.6 Å². The van der Waals surface area contributed by atoms with Crippen molar-refractivity contribution in [2.75, 3.05) is 6.54 Å². The van der Waals surface area contributed by atoms with E-state index in [-0.39, 0.29) is 31.2 Å². The summed E-state index contributed by atoms with van der Waals surface area (Å²) in [5, 5.41) is 10.3. The standard InChI is InChI=1S/C20H16N2O4/c23-17(24)7-4-10-22-19(25)15-6-3-5-13-11-14(21-8-1-2-9-21)12-16(18(13)15)20(22)26/h1-3,5-6,8-9,11-12H,4,7,10H2,(H,23,24). The second kappa shape index (κ2) is 6.15. The average molecular weight is 348 g/mol. The molecule has 0 spiro atoms. The van der Waals surface area contributed by atoms with E-state index in [0.717, 1.165) is 16.0 Å². The highest BCUT2D eigenvalue weighted by molar-refractivity contribution is 6.25. The molecule has 4 rings (SSSR count). The van der Waals surface area contributed by atoms with Gasteiger partial charge in [-0.25, -0.2) is 0 Å². The zero-order chi connectivity index (χ0) is 18.3. The van der Waals surface area contributed by atoms with Crippen LogP contribution in [0.2, 0.25) is 0 Å². The summed E-state index contributed by atoms with van der Waals surface area (Å²) in [6.45, 7) is 0.0908. The Balaban J connectivity index is 1.82. The van der Waals surface area contributed by atoms with E-state index in [1.54, 1.807) is 18.2 Å². The van der Waals surface area contributed by atoms with Crippen LogP contribution >= 0.6 is 0 Å². The van der Waals surface area contributed by atoms with E-state index in [0.29, 0.717) is 16.5 Å².